The molecule has 2 heterocycles. The average Bonchev–Trinajstić information content (AvgIpc) is 3.64. The quantitative estimate of drug-likeness (QED) is 0.169. The van der Waals surface area contributed by atoms with Crippen molar-refractivity contribution in [2.24, 2.45) is 16.7 Å². The van der Waals surface area contributed by atoms with E-state index >= 15 is 0 Å². The number of nitrogens with zero attached hydrogens (tertiary/aromatic N) is 1. The molecule has 2 amide bonds. The van der Waals surface area contributed by atoms with E-state index in [4.69, 9.17) is 18.6 Å². The Kier molecular flexibility index (Phi) is 13.9. The van der Waals surface area contributed by atoms with Gasteiger partial charge < -0.3 is 54.4 Å². The number of amides is 2. The molecule has 11 atom stereocenters. The predicted molar refractivity (Wildman–Crippen MR) is 179 cm³/mol. The number of hydrogen-bond acceptors (Lipinski definition) is 13. The Hall–Kier alpha value is -1.24. The number of fused-ring (bicyclic) bond motifs is 5. The molecule has 1 saturated heterocycles. The third-order valence-corrected chi connectivity index (χ3v) is 12.0. The number of carbonyl (C=O) groups excluding carboxylic acids is 4. The second-order valence-corrected chi connectivity index (χ2v) is 15.3. The van der Waals surface area contributed by atoms with Crippen LogP contribution < -0.4 is 5.32 Å². The fourth-order valence-electron chi connectivity index (χ4n) is 8.76. The number of urea groups is 1. The molecule has 3 fully saturated rings. The summed E-state index contributed by atoms with van der Waals surface area (Å²) in [6, 6.07) is 8.76. The van der Waals surface area contributed by atoms with E-state index in [1.165, 1.54) is 63.4 Å². The summed E-state index contributed by atoms with van der Waals surface area (Å²) < 4.78 is 23.0. The molecule has 4 aliphatic rings. The Labute approximate surface area is 384 Å². The van der Waals surface area contributed by atoms with Crippen LogP contribution in [0.3, 0.4) is 0 Å². The topological polar surface area (TPSA) is 226 Å². The summed E-state index contributed by atoms with van der Waals surface area (Å²) in [6.07, 6.45) is -9.06. The molecule has 2 aromatic rings. The van der Waals surface area contributed by atoms with E-state index in [-0.39, 0.29) is 124 Å². The number of benzene rings is 1. The number of carbonyl (C=O) groups is 4. The van der Waals surface area contributed by atoms with Gasteiger partial charge in [0.2, 0.25) is 0 Å². The fraction of sp³-hybridized carbons (Fsp3) is 0.568. The summed E-state index contributed by atoms with van der Waals surface area (Å²) in [7, 11) is 2.92. The van der Waals surface area contributed by atoms with Crippen molar-refractivity contribution >= 4 is 23.8 Å². The standard InChI is InChI=1S/C37H46N2O13.2Ac/c1-18-21(51-32(45)27(42)25(20-13-10-14-49-20)38-33(46)39(5)6)16-37(48)30(52-31(44)19-11-8-7-9-12-19)28-35(4,22(40)15-23-36(28,47)17-50-23)29(43)26(41)24(18)34(37,2)3;;/h7-14,21-23,25-28,30,40-42,47-48H,15-17H2,1-6H3,(H,38,46);;/t21?,22?,23?,25?,26?,27?,28?,30?,35-,36+,37?;;/m1../s1. The molecule has 1 aromatic carbocycles. The number of nitrogens with one attached hydrogen (secondary N) is 1. The maximum Gasteiger partial charge on any atom is 0.338 e. The largest absolute Gasteiger partial charge is 0.467 e. The summed E-state index contributed by atoms with van der Waals surface area (Å²) in [5.41, 5.74) is -7.53. The molecule has 9 unspecified atom stereocenters. The third kappa shape index (κ3) is 7.24. The maximum atomic E-state index is 14.6. The summed E-state index contributed by atoms with van der Waals surface area (Å²) in [6.45, 7) is 5.65. The number of aliphatic hydroxyl groups is 5. The summed E-state index contributed by atoms with van der Waals surface area (Å²) in [4.78, 5) is 56.0. The van der Waals surface area contributed by atoms with Gasteiger partial charge in [-0.2, -0.15) is 0 Å². The zero-order valence-corrected chi connectivity index (χ0v) is 40.5. The van der Waals surface area contributed by atoms with Crippen LogP contribution in [0.5, 0.6) is 0 Å². The number of esters is 2. The first-order chi connectivity index (χ1) is 24.3. The Bertz CT molecular complexity index is 1770. The SMILES string of the molecule is CC1=C2C(O)C(=O)[C@]3(C)C(O)CC4OC[C@@]4(O)C3C(OC(=O)c3ccccc3)C(O)(CC1OC(=O)C(O)C(NC(=O)N(C)C)c1ccco1)C2(C)C.[Ac].[Ac]. The van der Waals surface area contributed by atoms with Crippen LogP contribution in [-0.4, -0.2) is 123 Å². The van der Waals surface area contributed by atoms with Crippen LogP contribution in [-0.2, 0) is 23.8 Å². The number of aliphatic hydroxyl groups excluding tert-OH is 3. The van der Waals surface area contributed by atoms with Crippen LogP contribution in [0.1, 0.15) is 62.7 Å². The molecule has 17 heteroatoms. The number of ketones is 1. The van der Waals surface area contributed by atoms with Gasteiger partial charge in [0.25, 0.3) is 0 Å². The molecular formula is C37H46Ac2N2O13. The van der Waals surface area contributed by atoms with Crippen molar-refractivity contribution in [3.63, 3.8) is 0 Å². The first-order valence-electron chi connectivity index (χ1n) is 17.1. The second-order valence-electron chi connectivity index (χ2n) is 15.3. The fourth-order valence-corrected chi connectivity index (χ4v) is 8.76. The molecule has 54 heavy (non-hydrogen) atoms. The van der Waals surface area contributed by atoms with Crippen LogP contribution in [0.2, 0.25) is 0 Å². The van der Waals surface area contributed by atoms with Gasteiger partial charge >= 0.3 is 18.0 Å². The molecular weight excluding hydrogens is 1130 g/mol. The smallest absolute Gasteiger partial charge is 0.338 e. The monoisotopic (exact) mass is 1180 g/mol. The Morgan fingerprint density at radius 3 is 2.20 bits per heavy atom. The van der Waals surface area contributed by atoms with Crippen molar-refractivity contribution in [3.05, 3.63) is 71.2 Å². The van der Waals surface area contributed by atoms with Gasteiger partial charge in [-0.05, 0) is 49.3 Å². The minimum absolute atomic E-state index is 0. The Morgan fingerprint density at radius 2 is 1.65 bits per heavy atom. The first kappa shape index (κ1) is 45.5. The van der Waals surface area contributed by atoms with Crippen molar-refractivity contribution in [2.75, 3.05) is 20.7 Å². The summed E-state index contributed by atoms with van der Waals surface area (Å²) in [5.74, 6) is -4.52. The van der Waals surface area contributed by atoms with Crippen molar-refractivity contribution in [3.8, 4) is 0 Å². The molecule has 1 aliphatic heterocycles. The number of ether oxygens (including phenoxy) is 3. The van der Waals surface area contributed by atoms with E-state index in [1.54, 1.807) is 32.0 Å². The number of Topliss-reactive ketones (excluding diaryl/α,β-unsaturated/α-hetero) is 1. The van der Waals surface area contributed by atoms with Crippen molar-refractivity contribution in [2.45, 2.75) is 94.4 Å². The van der Waals surface area contributed by atoms with Gasteiger partial charge in [0.05, 0.1) is 36.1 Å². The molecule has 288 valence electrons. The van der Waals surface area contributed by atoms with Gasteiger partial charge in [0.15, 0.2) is 11.9 Å². The van der Waals surface area contributed by atoms with Gasteiger partial charge in [0, 0.05) is 126 Å². The van der Waals surface area contributed by atoms with Crippen molar-refractivity contribution < 1.29 is 151 Å². The van der Waals surface area contributed by atoms with E-state index in [0.29, 0.717) is 0 Å². The van der Waals surface area contributed by atoms with E-state index < -0.39 is 101 Å². The number of rotatable bonds is 7. The average molecular weight is 1180 g/mol. The molecule has 0 spiro atoms. The number of furan rings is 1. The minimum atomic E-state index is -2.30. The van der Waals surface area contributed by atoms with Crippen LogP contribution in [0.4, 0.5) is 4.79 Å². The summed E-state index contributed by atoms with van der Waals surface area (Å²) in [5, 5.41) is 62.7. The molecule has 6 N–H and O–H groups in total. The van der Waals surface area contributed by atoms with Crippen LogP contribution in [0, 0.1) is 105 Å². The Balaban J connectivity index is 0.00000325. The molecule has 2 radical (unpaired) electrons. The molecule has 6 rings (SSSR count). The zero-order chi connectivity index (χ0) is 38.1. The van der Waals surface area contributed by atoms with E-state index in [1.807, 2.05) is 0 Å². The van der Waals surface area contributed by atoms with Gasteiger partial charge in [-0.1, -0.05) is 32.0 Å². The van der Waals surface area contributed by atoms with Crippen LogP contribution in [0.15, 0.2) is 64.3 Å². The van der Waals surface area contributed by atoms with Gasteiger partial charge in [-0.15, -0.1) is 0 Å². The Morgan fingerprint density at radius 1 is 1.00 bits per heavy atom. The molecule has 2 bridgehead atoms. The van der Waals surface area contributed by atoms with Gasteiger partial charge in [0.1, 0.15) is 41.3 Å². The molecule has 2 saturated carbocycles. The third-order valence-electron chi connectivity index (χ3n) is 12.0. The van der Waals surface area contributed by atoms with Crippen molar-refractivity contribution in [1.29, 1.82) is 0 Å². The van der Waals surface area contributed by atoms with Crippen LogP contribution in [0.25, 0.3) is 0 Å². The van der Waals surface area contributed by atoms with Crippen molar-refractivity contribution in [1.82, 2.24) is 10.2 Å². The van der Waals surface area contributed by atoms with Crippen LogP contribution >= 0.6 is 0 Å². The summed E-state index contributed by atoms with van der Waals surface area (Å²) >= 11 is 0. The van der Waals surface area contributed by atoms with Gasteiger partial charge in [-0.3, -0.25) is 4.79 Å². The molecule has 15 nitrogen and oxygen atoms in total. The van der Waals surface area contributed by atoms with E-state index in [9.17, 15) is 44.7 Å². The zero-order valence-electron chi connectivity index (χ0n) is 31.0. The first-order valence-corrected chi connectivity index (χ1v) is 17.1. The van der Waals surface area contributed by atoms with E-state index in [2.05, 4.69) is 5.32 Å². The van der Waals surface area contributed by atoms with Gasteiger partial charge in [-0.25, -0.2) is 14.4 Å². The molecule has 3 aliphatic carbocycles. The van der Waals surface area contributed by atoms with E-state index in [0.717, 1.165) is 0 Å². The normalized spacial score (nSPS) is 34.8. The predicted octanol–water partition coefficient (Wildman–Crippen LogP) is 1.03. The maximum absolute atomic E-state index is 14.6. The number of hydrogen-bond donors (Lipinski definition) is 6. The minimum Gasteiger partial charge on any atom is -0.467 e. The molecule has 1 aromatic heterocycles. The second kappa shape index (κ2) is 16.6.